The average Bonchev–Trinajstić information content (AvgIpc) is 2.05. The highest BCUT2D eigenvalue weighted by Gasteiger charge is 2.21. The molecular weight excluding hydrogens is 212 g/mol. The lowest BCUT2D eigenvalue weighted by molar-refractivity contribution is -0.121. The molecule has 0 radical (unpaired) electrons. The third kappa shape index (κ3) is 2.43. The van der Waals surface area contributed by atoms with E-state index in [1.165, 1.54) is 0 Å². The van der Waals surface area contributed by atoms with E-state index in [1.54, 1.807) is 0 Å². The Morgan fingerprint density at radius 3 is 2.55 bits per heavy atom. The Balaban J connectivity index is 2.38. The fraction of sp³-hybridized carbons (Fsp3) is 0.833. The van der Waals surface area contributed by atoms with E-state index in [1.807, 2.05) is 4.90 Å². The highest BCUT2D eigenvalue weighted by atomic mass is 79.9. The maximum absolute atomic E-state index is 10.7. The quantitative estimate of drug-likeness (QED) is 0.508. The van der Waals surface area contributed by atoms with Crippen molar-refractivity contribution in [2.45, 2.75) is 4.95 Å². The van der Waals surface area contributed by atoms with Crippen molar-refractivity contribution < 1.29 is 9.53 Å². The molecule has 0 spiro atoms. The van der Waals surface area contributed by atoms with Crippen LogP contribution in [0.15, 0.2) is 0 Å². The van der Waals surface area contributed by atoms with E-state index in [9.17, 15) is 4.79 Å². The fourth-order valence-corrected chi connectivity index (χ4v) is 1.39. The Kier molecular flexibility index (Phi) is 3.29. The van der Waals surface area contributed by atoms with Gasteiger partial charge in [-0.05, 0) is 0 Å². The minimum absolute atomic E-state index is 0.341. The van der Waals surface area contributed by atoms with Crippen LogP contribution in [0.25, 0.3) is 0 Å². The van der Waals surface area contributed by atoms with E-state index in [0.717, 1.165) is 13.1 Å². The van der Waals surface area contributed by atoms with Gasteiger partial charge in [0.15, 0.2) is 0 Å². The number of nitrogens with zero attached hydrogens (tertiary/aromatic N) is 1. The second-order valence-electron chi connectivity index (χ2n) is 2.39. The first-order valence-electron chi connectivity index (χ1n) is 3.47. The first kappa shape index (κ1) is 8.96. The third-order valence-corrected chi connectivity index (χ3v) is 2.63. The molecule has 0 aromatic rings. The van der Waals surface area contributed by atoms with Gasteiger partial charge in [0.1, 0.15) is 4.95 Å². The van der Waals surface area contributed by atoms with Crippen molar-refractivity contribution in [2.75, 3.05) is 26.3 Å². The Hall–Kier alpha value is -0.130. The molecule has 1 rings (SSSR count). The van der Waals surface area contributed by atoms with Crippen molar-refractivity contribution >= 4 is 21.8 Å². The summed E-state index contributed by atoms with van der Waals surface area (Å²) in [4.78, 5) is 12.3. The van der Waals surface area contributed by atoms with Gasteiger partial charge >= 0.3 is 0 Å². The maximum atomic E-state index is 10.7. The molecule has 0 aromatic heterocycles. The summed E-state index contributed by atoms with van der Waals surface area (Å²) >= 11 is 3.20. The molecule has 1 amide bonds. The zero-order chi connectivity index (χ0) is 8.27. The molecule has 4 nitrogen and oxygen atoms in total. The first-order valence-corrected chi connectivity index (χ1v) is 4.38. The van der Waals surface area contributed by atoms with Gasteiger partial charge in [-0.15, -0.1) is 0 Å². The molecule has 1 unspecified atom stereocenters. The first-order chi connectivity index (χ1) is 5.22. The molecule has 1 aliphatic heterocycles. The van der Waals surface area contributed by atoms with Crippen LogP contribution in [0.4, 0.5) is 0 Å². The van der Waals surface area contributed by atoms with Gasteiger partial charge in [-0.1, -0.05) is 15.9 Å². The molecule has 1 aliphatic rings. The van der Waals surface area contributed by atoms with Crippen LogP contribution in [0.1, 0.15) is 0 Å². The summed E-state index contributed by atoms with van der Waals surface area (Å²) in [5.41, 5.74) is 5.10. The number of alkyl halides is 1. The van der Waals surface area contributed by atoms with Gasteiger partial charge in [-0.3, -0.25) is 9.69 Å². The lowest BCUT2D eigenvalue weighted by Crippen LogP contribution is -2.46. The number of carbonyl (C=O) groups excluding carboxylic acids is 1. The molecule has 11 heavy (non-hydrogen) atoms. The number of ether oxygens (including phenoxy) is 1. The Bertz CT molecular complexity index is 148. The molecule has 0 saturated carbocycles. The highest BCUT2D eigenvalue weighted by Crippen LogP contribution is 2.08. The normalized spacial score (nSPS) is 23.0. The lowest BCUT2D eigenvalue weighted by atomic mass is 10.4. The van der Waals surface area contributed by atoms with E-state index in [2.05, 4.69) is 15.9 Å². The van der Waals surface area contributed by atoms with Crippen molar-refractivity contribution in [3.8, 4) is 0 Å². The van der Waals surface area contributed by atoms with Gasteiger partial charge in [0.05, 0.1) is 13.2 Å². The van der Waals surface area contributed by atoms with Crippen molar-refractivity contribution in [3.05, 3.63) is 0 Å². The number of primary amides is 1. The van der Waals surface area contributed by atoms with E-state index in [4.69, 9.17) is 10.5 Å². The summed E-state index contributed by atoms with van der Waals surface area (Å²) in [6, 6.07) is 0. The summed E-state index contributed by atoms with van der Waals surface area (Å²) in [5, 5.41) is 0. The zero-order valence-electron chi connectivity index (χ0n) is 6.12. The molecule has 1 fully saturated rings. The topological polar surface area (TPSA) is 55.6 Å². The second-order valence-corrected chi connectivity index (χ2v) is 3.25. The van der Waals surface area contributed by atoms with Crippen LogP contribution >= 0.6 is 15.9 Å². The predicted molar refractivity (Wildman–Crippen MR) is 44.3 cm³/mol. The molecule has 64 valence electrons. The monoisotopic (exact) mass is 222 g/mol. The van der Waals surface area contributed by atoms with Gasteiger partial charge in [-0.25, -0.2) is 0 Å². The van der Waals surface area contributed by atoms with Gasteiger partial charge in [0, 0.05) is 13.1 Å². The van der Waals surface area contributed by atoms with Gasteiger partial charge in [0.25, 0.3) is 0 Å². The second kappa shape index (κ2) is 4.04. The largest absolute Gasteiger partial charge is 0.379 e. The van der Waals surface area contributed by atoms with Crippen LogP contribution in [-0.2, 0) is 9.53 Å². The number of morpholine rings is 1. The SMILES string of the molecule is NC(=O)C(Br)N1CCOCC1. The number of halogens is 1. The smallest absolute Gasteiger partial charge is 0.245 e. The summed E-state index contributed by atoms with van der Waals surface area (Å²) in [6.45, 7) is 2.88. The Labute approximate surface area is 73.8 Å². The van der Waals surface area contributed by atoms with Crippen LogP contribution in [0.3, 0.4) is 0 Å². The highest BCUT2D eigenvalue weighted by molar-refractivity contribution is 9.09. The molecule has 5 heteroatoms. The summed E-state index contributed by atoms with van der Waals surface area (Å²) in [7, 11) is 0. The van der Waals surface area contributed by atoms with Crippen LogP contribution < -0.4 is 5.73 Å². The van der Waals surface area contributed by atoms with E-state index in [0.29, 0.717) is 13.2 Å². The van der Waals surface area contributed by atoms with Crippen LogP contribution in [-0.4, -0.2) is 42.1 Å². The fourth-order valence-electron chi connectivity index (χ4n) is 0.984. The van der Waals surface area contributed by atoms with E-state index >= 15 is 0 Å². The van der Waals surface area contributed by atoms with E-state index in [-0.39, 0.29) is 10.9 Å². The predicted octanol–water partition coefficient (Wildman–Crippen LogP) is -0.475. The summed E-state index contributed by atoms with van der Waals surface area (Å²) in [6.07, 6.45) is 0. The number of carbonyl (C=O) groups is 1. The minimum atomic E-state index is -0.341. The summed E-state index contributed by atoms with van der Waals surface area (Å²) in [5.74, 6) is -0.341. The molecule has 0 aliphatic carbocycles. The van der Waals surface area contributed by atoms with Crippen LogP contribution in [0.2, 0.25) is 0 Å². The Morgan fingerprint density at radius 1 is 1.55 bits per heavy atom. The number of hydrogen-bond acceptors (Lipinski definition) is 3. The van der Waals surface area contributed by atoms with Gasteiger partial charge < -0.3 is 10.5 Å². The van der Waals surface area contributed by atoms with Crippen molar-refractivity contribution in [2.24, 2.45) is 5.73 Å². The molecule has 2 N–H and O–H groups in total. The van der Waals surface area contributed by atoms with Crippen LogP contribution in [0.5, 0.6) is 0 Å². The molecule has 0 bridgehead atoms. The molecular formula is C6H11BrN2O2. The zero-order valence-corrected chi connectivity index (χ0v) is 7.71. The molecule has 1 saturated heterocycles. The molecule has 0 aromatic carbocycles. The van der Waals surface area contributed by atoms with E-state index < -0.39 is 0 Å². The lowest BCUT2D eigenvalue weighted by Gasteiger charge is -2.28. The summed E-state index contributed by atoms with van der Waals surface area (Å²) < 4.78 is 5.11. The standard InChI is InChI=1S/C6H11BrN2O2/c7-5(6(8)10)9-1-3-11-4-2-9/h5H,1-4H2,(H2,8,10). The average molecular weight is 223 g/mol. The van der Waals surface area contributed by atoms with Gasteiger partial charge in [0.2, 0.25) is 5.91 Å². The third-order valence-electron chi connectivity index (χ3n) is 1.60. The Morgan fingerprint density at radius 2 is 2.09 bits per heavy atom. The maximum Gasteiger partial charge on any atom is 0.245 e. The number of nitrogens with two attached hydrogens (primary N) is 1. The van der Waals surface area contributed by atoms with Crippen molar-refractivity contribution in [1.29, 1.82) is 0 Å². The number of hydrogen-bond donors (Lipinski definition) is 1. The van der Waals surface area contributed by atoms with Gasteiger partial charge in [-0.2, -0.15) is 0 Å². The molecule has 1 atom stereocenters. The number of rotatable bonds is 2. The number of amides is 1. The minimum Gasteiger partial charge on any atom is -0.379 e. The molecule has 1 heterocycles. The van der Waals surface area contributed by atoms with Crippen molar-refractivity contribution in [3.63, 3.8) is 0 Å². The van der Waals surface area contributed by atoms with Crippen molar-refractivity contribution in [1.82, 2.24) is 4.90 Å². The van der Waals surface area contributed by atoms with Crippen LogP contribution in [0, 0.1) is 0 Å².